The van der Waals surface area contributed by atoms with Crippen LogP contribution in [-0.4, -0.2) is 41.2 Å². The molecular weight excluding hydrogens is 356 g/mol. The third-order valence-corrected chi connectivity index (χ3v) is 5.67. The van der Waals surface area contributed by atoms with E-state index in [4.69, 9.17) is 5.10 Å². The number of benzene rings is 1. The molecule has 3 aromatic rings. The number of amides is 1. The summed E-state index contributed by atoms with van der Waals surface area (Å²) in [5, 5.41) is 12.0. The number of hydrogen-bond acceptors (Lipinski definition) is 4. The van der Waals surface area contributed by atoms with Gasteiger partial charge < -0.3 is 10.2 Å². The zero-order valence-corrected chi connectivity index (χ0v) is 16.4. The largest absolute Gasteiger partial charge is 0.349 e. The highest BCUT2D eigenvalue weighted by Crippen LogP contribution is 2.39. The molecule has 1 aliphatic rings. The van der Waals surface area contributed by atoms with Crippen molar-refractivity contribution in [3.63, 3.8) is 0 Å². The minimum atomic E-state index is -0.0830. The number of likely N-dealkylation sites (N-methyl/N-ethyl adjacent to an activating group) is 1. The van der Waals surface area contributed by atoms with E-state index in [-0.39, 0.29) is 11.9 Å². The van der Waals surface area contributed by atoms with Crippen molar-refractivity contribution in [1.82, 2.24) is 20.0 Å². The van der Waals surface area contributed by atoms with Gasteiger partial charge in [0.15, 0.2) is 0 Å². The van der Waals surface area contributed by atoms with Crippen LogP contribution in [-0.2, 0) is 0 Å². The number of hydrogen-bond donors (Lipinski definition) is 1. The number of nitrogens with zero attached hydrogens (tertiary/aromatic N) is 3. The molecule has 0 unspecified atom stereocenters. The highest BCUT2D eigenvalue weighted by atomic mass is 32.1. The lowest BCUT2D eigenvalue weighted by molar-refractivity contribution is 0.0934. The van der Waals surface area contributed by atoms with Crippen molar-refractivity contribution in [2.24, 2.45) is 0 Å². The highest BCUT2D eigenvalue weighted by molar-refractivity contribution is 7.07. The molecule has 4 rings (SSSR count). The zero-order chi connectivity index (χ0) is 18.8. The molecule has 1 amide bonds. The van der Waals surface area contributed by atoms with Crippen LogP contribution in [0.25, 0.3) is 5.69 Å². The van der Waals surface area contributed by atoms with E-state index >= 15 is 0 Å². The standard InChI is InChI=1S/C21H24N4OS/c1-24(2)20(16-10-11-27-14-16)13-22-21(26)19-12-18(15-8-9-15)23-25(19)17-6-4-3-5-7-17/h3-7,10-12,14-15,20H,8-9,13H2,1-2H3,(H,22,26)/t20-/m1/s1. The average Bonchev–Trinajstić information content (AvgIpc) is 3.20. The normalized spacial score (nSPS) is 15.1. The van der Waals surface area contributed by atoms with E-state index in [0.29, 0.717) is 18.2 Å². The maximum Gasteiger partial charge on any atom is 0.270 e. The number of aromatic nitrogens is 2. The molecule has 0 radical (unpaired) electrons. The first-order valence-corrected chi connectivity index (χ1v) is 10.2. The Hall–Kier alpha value is -2.44. The summed E-state index contributed by atoms with van der Waals surface area (Å²) in [5.74, 6) is 0.419. The van der Waals surface area contributed by atoms with Gasteiger partial charge in [-0.25, -0.2) is 4.68 Å². The third kappa shape index (κ3) is 3.96. The predicted octanol–water partition coefficient (Wildman–Crippen LogP) is 3.84. The zero-order valence-electron chi connectivity index (χ0n) is 15.6. The van der Waals surface area contributed by atoms with Crippen molar-refractivity contribution in [1.29, 1.82) is 0 Å². The number of carbonyl (C=O) groups is 1. The Kier molecular flexibility index (Phi) is 5.09. The second kappa shape index (κ2) is 7.66. The molecule has 1 aromatic carbocycles. The van der Waals surface area contributed by atoms with Crippen LogP contribution in [0.2, 0.25) is 0 Å². The van der Waals surface area contributed by atoms with Gasteiger partial charge >= 0.3 is 0 Å². The van der Waals surface area contributed by atoms with Crippen LogP contribution >= 0.6 is 11.3 Å². The van der Waals surface area contributed by atoms with Crippen LogP contribution in [0.3, 0.4) is 0 Å². The fourth-order valence-electron chi connectivity index (χ4n) is 3.25. The van der Waals surface area contributed by atoms with Crippen molar-refractivity contribution in [3.05, 3.63) is 70.2 Å². The van der Waals surface area contributed by atoms with Crippen LogP contribution in [0.4, 0.5) is 0 Å². The van der Waals surface area contributed by atoms with Gasteiger partial charge in [-0.2, -0.15) is 16.4 Å². The molecule has 1 N–H and O–H groups in total. The Morgan fingerprint density at radius 2 is 2.07 bits per heavy atom. The van der Waals surface area contributed by atoms with Crippen molar-refractivity contribution in [2.45, 2.75) is 24.8 Å². The number of para-hydroxylation sites is 1. The summed E-state index contributed by atoms with van der Waals surface area (Å²) in [6.45, 7) is 0.557. The molecule has 5 nitrogen and oxygen atoms in total. The average molecular weight is 381 g/mol. The summed E-state index contributed by atoms with van der Waals surface area (Å²) in [5.41, 5.74) is 3.76. The van der Waals surface area contributed by atoms with E-state index in [9.17, 15) is 4.79 Å². The minimum Gasteiger partial charge on any atom is -0.349 e. The summed E-state index contributed by atoms with van der Waals surface area (Å²) < 4.78 is 1.78. The molecule has 1 atom stereocenters. The maximum atomic E-state index is 13.0. The van der Waals surface area contributed by atoms with Gasteiger partial charge in [0.2, 0.25) is 0 Å². The number of thiophene rings is 1. The van der Waals surface area contributed by atoms with E-state index < -0.39 is 0 Å². The third-order valence-electron chi connectivity index (χ3n) is 4.96. The van der Waals surface area contributed by atoms with Crippen LogP contribution in [0.1, 0.15) is 46.5 Å². The van der Waals surface area contributed by atoms with E-state index in [2.05, 4.69) is 27.0 Å². The molecule has 1 aliphatic carbocycles. The molecule has 1 fully saturated rings. The van der Waals surface area contributed by atoms with Crippen LogP contribution < -0.4 is 5.32 Å². The Morgan fingerprint density at radius 1 is 1.30 bits per heavy atom. The van der Waals surface area contributed by atoms with Crippen LogP contribution in [0, 0.1) is 0 Å². The summed E-state index contributed by atoms with van der Waals surface area (Å²) in [4.78, 5) is 15.1. The Morgan fingerprint density at radius 3 is 2.70 bits per heavy atom. The quantitative estimate of drug-likeness (QED) is 0.677. The van der Waals surface area contributed by atoms with Crippen molar-refractivity contribution in [2.75, 3.05) is 20.6 Å². The fourth-order valence-corrected chi connectivity index (χ4v) is 3.96. The molecule has 0 spiro atoms. The van der Waals surface area contributed by atoms with Gasteiger partial charge in [0.25, 0.3) is 5.91 Å². The van der Waals surface area contributed by atoms with Gasteiger partial charge in [0, 0.05) is 12.5 Å². The lowest BCUT2D eigenvalue weighted by atomic mass is 10.1. The Balaban J connectivity index is 1.56. The highest BCUT2D eigenvalue weighted by Gasteiger charge is 2.29. The number of rotatable bonds is 7. The van der Waals surface area contributed by atoms with Gasteiger partial charge in [-0.05, 0) is 67.5 Å². The maximum absolute atomic E-state index is 13.0. The molecule has 27 heavy (non-hydrogen) atoms. The van der Waals surface area contributed by atoms with Gasteiger partial charge in [0.1, 0.15) is 5.69 Å². The first-order valence-electron chi connectivity index (χ1n) is 9.25. The van der Waals surface area contributed by atoms with E-state index in [1.165, 1.54) is 5.56 Å². The first kappa shape index (κ1) is 17.9. The fraction of sp³-hybridized carbons (Fsp3) is 0.333. The Bertz CT molecular complexity index is 898. The van der Waals surface area contributed by atoms with Crippen molar-refractivity contribution >= 4 is 17.2 Å². The molecule has 6 heteroatoms. The lowest BCUT2D eigenvalue weighted by Crippen LogP contribution is -2.35. The monoisotopic (exact) mass is 380 g/mol. The van der Waals surface area contributed by atoms with E-state index in [1.807, 2.05) is 50.5 Å². The summed E-state index contributed by atoms with van der Waals surface area (Å²) >= 11 is 1.68. The second-order valence-corrected chi connectivity index (χ2v) is 8.00. The number of nitrogens with one attached hydrogen (secondary N) is 1. The van der Waals surface area contributed by atoms with Crippen LogP contribution in [0.5, 0.6) is 0 Å². The summed E-state index contributed by atoms with van der Waals surface area (Å²) in [6.07, 6.45) is 2.32. The SMILES string of the molecule is CN(C)[C@H](CNC(=O)c1cc(C2CC2)nn1-c1ccccc1)c1ccsc1. The lowest BCUT2D eigenvalue weighted by Gasteiger charge is -2.24. The smallest absolute Gasteiger partial charge is 0.270 e. The van der Waals surface area contributed by atoms with Crippen molar-refractivity contribution < 1.29 is 4.79 Å². The van der Waals surface area contributed by atoms with E-state index in [0.717, 1.165) is 24.2 Å². The van der Waals surface area contributed by atoms with Gasteiger partial charge in [-0.3, -0.25) is 4.79 Å². The predicted molar refractivity (Wildman–Crippen MR) is 109 cm³/mol. The molecule has 0 bridgehead atoms. The van der Waals surface area contributed by atoms with Crippen LogP contribution in [0.15, 0.2) is 53.2 Å². The number of carbonyl (C=O) groups excluding carboxylic acids is 1. The molecule has 2 heterocycles. The first-order chi connectivity index (χ1) is 13.1. The van der Waals surface area contributed by atoms with Crippen molar-refractivity contribution in [3.8, 4) is 5.69 Å². The minimum absolute atomic E-state index is 0.0830. The topological polar surface area (TPSA) is 50.2 Å². The molecule has 0 aliphatic heterocycles. The second-order valence-electron chi connectivity index (χ2n) is 7.22. The van der Waals surface area contributed by atoms with E-state index in [1.54, 1.807) is 16.0 Å². The summed E-state index contributed by atoms with van der Waals surface area (Å²) in [6, 6.07) is 14.1. The molecule has 0 saturated heterocycles. The molecule has 140 valence electrons. The summed E-state index contributed by atoms with van der Waals surface area (Å²) in [7, 11) is 4.07. The molecular formula is C21H24N4OS. The Labute approximate surface area is 163 Å². The molecule has 2 aromatic heterocycles. The van der Waals surface area contributed by atoms with Gasteiger partial charge in [-0.1, -0.05) is 18.2 Å². The van der Waals surface area contributed by atoms with Gasteiger partial charge in [0.05, 0.1) is 17.4 Å². The molecule has 1 saturated carbocycles. The van der Waals surface area contributed by atoms with Gasteiger partial charge in [-0.15, -0.1) is 0 Å².